The van der Waals surface area contributed by atoms with E-state index in [0.29, 0.717) is 0 Å². The first-order valence-corrected chi connectivity index (χ1v) is 1.11. The summed E-state index contributed by atoms with van der Waals surface area (Å²) in [6.07, 6.45) is 0. The van der Waals surface area contributed by atoms with Crippen LogP contribution in [0.1, 0.15) is 0 Å². The Labute approximate surface area is 58.3 Å². The Hall–Kier alpha value is 0.898. The summed E-state index contributed by atoms with van der Waals surface area (Å²) in [6, 6.07) is 0. The van der Waals surface area contributed by atoms with Crippen LogP contribution in [-0.2, 0) is 25.9 Å². The Morgan fingerprint density at radius 1 is 1.50 bits per heavy atom. The maximum atomic E-state index is 4.29. The molecular weight excluding hydrogens is 185 g/mol. The molecule has 0 spiro atoms. The van der Waals surface area contributed by atoms with E-state index >= 15 is 0 Å². The molecule has 4 heteroatoms. The molecule has 40 valence electrons. The predicted octanol–water partition coefficient (Wildman–Crippen LogP) is 0.186. The van der Waals surface area contributed by atoms with Crippen molar-refractivity contribution in [2.45, 2.75) is 0 Å². The summed E-state index contributed by atoms with van der Waals surface area (Å²) < 4.78 is 0. The second-order valence-electron chi connectivity index (χ2n) is 0.408. The van der Waals surface area contributed by atoms with Crippen LogP contribution >= 0.6 is 12.4 Å². The van der Waals surface area contributed by atoms with Gasteiger partial charge in [-0.15, -0.1) is 12.4 Å². The van der Waals surface area contributed by atoms with Gasteiger partial charge in [0.15, 0.2) is 0 Å². The third-order valence-corrected chi connectivity index (χ3v) is 0.204. The monoisotopic (exact) mass is 195 g/mol. The van der Waals surface area contributed by atoms with Gasteiger partial charge in [0.1, 0.15) is 0 Å². The van der Waals surface area contributed by atoms with E-state index in [0.717, 1.165) is 0 Å². The van der Waals surface area contributed by atoms with E-state index in [2.05, 4.69) is 10.3 Å². The van der Waals surface area contributed by atoms with Gasteiger partial charge in [-0.2, -0.15) is 0 Å². The molecule has 0 atom stereocenters. The van der Waals surface area contributed by atoms with Crippen molar-refractivity contribution in [1.29, 1.82) is 0 Å². The fourth-order valence-electron chi connectivity index (χ4n) is 0. The first-order chi connectivity index (χ1) is 1.91. The van der Waals surface area contributed by atoms with E-state index < -0.39 is 0 Å². The van der Waals surface area contributed by atoms with Gasteiger partial charge in [0, 0.05) is 28.1 Å². The minimum absolute atomic E-state index is 0. The normalized spacial score (nSPS) is 5.00. The van der Waals surface area contributed by atoms with Crippen molar-refractivity contribution in [3.8, 4) is 0 Å². The van der Waals surface area contributed by atoms with Gasteiger partial charge < -0.3 is 4.84 Å². The second kappa shape index (κ2) is 16.8. The summed E-state index contributed by atoms with van der Waals surface area (Å²) in [5.74, 6) is 0. The molecule has 0 saturated carbocycles. The molecule has 0 fully saturated rings. The third kappa shape index (κ3) is 20.7. The minimum atomic E-state index is 0. The number of halogens is 1. The van der Waals surface area contributed by atoms with E-state index in [1.54, 1.807) is 14.2 Å². The van der Waals surface area contributed by atoms with Crippen LogP contribution in [-0.4, -0.2) is 14.2 Å². The molecule has 0 rings (SSSR count). The van der Waals surface area contributed by atoms with Gasteiger partial charge in [-0.3, -0.25) is 0 Å². The van der Waals surface area contributed by atoms with Crippen LogP contribution in [0.25, 0.3) is 0 Å². The fourth-order valence-corrected chi connectivity index (χ4v) is 0. The van der Waals surface area contributed by atoms with Crippen LogP contribution in [0.5, 0.6) is 0 Å². The van der Waals surface area contributed by atoms with Gasteiger partial charge in [-0.05, 0) is 0 Å². The molecule has 0 aromatic carbocycles. The molecule has 0 aliphatic carbocycles. The molecule has 0 aromatic heterocycles. The Kier molecular flexibility index (Phi) is 44.3. The summed E-state index contributed by atoms with van der Waals surface area (Å²) in [5.41, 5.74) is 2.43. The van der Waals surface area contributed by atoms with Crippen molar-refractivity contribution in [2.75, 3.05) is 14.2 Å². The average Bonchev–Trinajstić information content (AvgIpc) is 1.37. The van der Waals surface area contributed by atoms with Crippen LogP contribution in [0.15, 0.2) is 0 Å². The molecule has 6 heavy (non-hydrogen) atoms. The maximum absolute atomic E-state index is 4.29. The van der Waals surface area contributed by atoms with Crippen molar-refractivity contribution < 1.29 is 25.9 Å². The van der Waals surface area contributed by atoms with Crippen LogP contribution in [0.4, 0.5) is 0 Å². The quantitative estimate of drug-likeness (QED) is 0.474. The average molecular weight is 193 g/mol. The number of rotatable bonds is 1. The van der Waals surface area contributed by atoms with Gasteiger partial charge in [0.2, 0.25) is 0 Å². The number of nitrogens with one attached hydrogen (secondary N) is 1. The third-order valence-electron chi connectivity index (χ3n) is 0.204. The molecule has 0 aromatic rings. The summed E-state index contributed by atoms with van der Waals surface area (Å²) >= 11 is 0. The smallest absolute Gasteiger partial charge is 0.0572 e. The zero-order chi connectivity index (χ0) is 3.41. The van der Waals surface area contributed by atoms with Crippen LogP contribution in [0, 0.1) is 0 Å². The van der Waals surface area contributed by atoms with E-state index in [9.17, 15) is 0 Å². The van der Waals surface area contributed by atoms with Crippen molar-refractivity contribution in [2.24, 2.45) is 0 Å². The van der Waals surface area contributed by atoms with E-state index in [4.69, 9.17) is 0 Å². The van der Waals surface area contributed by atoms with E-state index in [-0.39, 0.29) is 33.5 Å². The van der Waals surface area contributed by atoms with Crippen molar-refractivity contribution in [3.63, 3.8) is 0 Å². The molecule has 0 aliphatic rings. The summed E-state index contributed by atoms with van der Waals surface area (Å²) in [4.78, 5) is 4.29. The number of hydrogen-bond acceptors (Lipinski definition) is 2. The Balaban J connectivity index is -0.0000000450. The summed E-state index contributed by atoms with van der Waals surface area (Å²) in [6.45, 7) is 0. The SMILES string of the molecule is CNOC.Cl.[Mo]. The molecule has 1 N–H and O–H groups in total. The predicted molar refractivity (Wildman–Crippen MR) is 23.3 cm³/mol. The largest absolute Gasteiger partial charge is 0.305 e. The molecule has 0 aliphatic heterocycles. The van der Waals surface area contributed by atoms with E-state index in [1.807, 2.05) is 0 Å². The molecule has 2 nitrogen and oxygen atoms in total. The Morgan fingerprint density at radius 3 is 1.67 bits per heavy atom. The van der Waals surface area contributed by atoms with Crippen LogP contribution in [0.3, 0.4) is 0 Å². The topological polar surface area (TPSA) is 21.3 Å². The van der Waals surface area contributed by atoms with Gasteiger partial charge in [0.05, 0.1) is 7.11 Å². The fraction of sp³-hybridized carbons (Fsp3) is 1.00. The Bertz CT molecular complexity index is 15.5. The molecule has 0 saturated heterocycles. The minimum Gasteiger partial charge on any atom is -0.305 e. The van der Waals surface area contributed by atoms with Gasteiger partial charge in [-0.1, -0.05) is 0 Å². The number of hydroxylamine groups is 1. The zero-order valence-electron chi connectivity index (χ0n) is 3.72. The molecule has 0 heterocycles. The van der Waals surface area contributed by atoms with Gasteiger partial charge in [-0.25, -0.2) is 5.48 Å². The zero-order valence-corrected chi connectivity index (χ0v) is 6.55. The van der Waals surface area contributed by atoms with Gasteiger partial charge in [0.25, 0.3) is 0 Å². The molecule has 0 unspecified atom stereocenters. The first-order valence-electron chi connectivity index (χ1n) is 1.11. The standard InChI is InChI=1S/C2H7NO.ClH.Mo/c1-3-4-2;;/h3H,1-2H3;1H;. The first kappa shape index (κ1) is 15.8. The van der Waals surface area contributed by atoms with Crippen molar-refractivity contribution in [1.82, 2.24) is 5.48 Å². The van der Waals surface area contributed by atoms with Crippen molar-refractivity contribution >= 4 is 12.4 Å². The Morgan fingerprint density at radius 2 is 1.67 bits per heavy atom. The van der Waals surface area contributed by atoms with Crippen LogP contribution in [0.2, 0.25) is 0 Å². The second-order valence-corrected chi connectivity index (χ2v) is 0.408. The maximum Gasteiger partial charge on any atom is 0.0572 e. The van der Waals surface area contributed by atoms with Gasteiger partial charge >= 0.3 is 0 Å². The van der Waals surface area contributed by atoms with Crippen LogP contribution < -0.4 is 5.48 Å². The molecule has 0 amide bonds. The molecular formula is C2H8ClMoNO. The summed E-state index contributed by atoms with van der Waals surface area (Å²) in [5, 5.41) is 0. The summed E-state index contributed by atoms with van der Waals surface area (Å²) in [7, 11) is 3.28. The number of hydrogen-bond donors (Lipinski definition) is 1. The van der Waals surface area contributed by atoms with E-state index in [1.165, 1.54) is 0 Å². The van der Waals surface area contributed by atoms with Crippen molar-refractivity contribution in [3.05, 3.63) is 0 Å². The molecule has 0 bridgehead atoms. The molecule has 0 radical (unpaired) electrons.